The highest BCUT2D eigenvalue weighted by molar-refractivity contribution is 5.94. The second kappa shape index (κ2) is 8.01. The molecule has 0 heterocycles. The molecule has 6 heteroatoms. The zero-order valence-corrected chi connectivity index (χ0v) is 13.7. The number of hydrogen-bond donors (Lipinski definition) is 0. The van der Waals surface area contributed by atoms with E-state index in [1.165, 1.54) is 21.3 Å². The Bertz CT molecular complexity index is 721. The lowest BCUT2D eigenvalue weighted by atomic mass is 10.1. The van der Waals surface area contributed by atoms with Gasteiger partial charge in [0.25, 0.3) is 0 Å². The Labute approximate surface area is 139 Å². The van der Waals surface area contributed by atoms with Gasteiger partial charge in [0, 0.05) is 6.07 Å². The first-order chi connectivity index (χ1) is 11.6. The average molecular weight is 330 g/mol. The summed E-state index contributed by atoms with van der Waals surface area (Å²) >= 11 is 0. The summed E-state index contributed by atoms with van der Waals surface area (Å²) in [5, 5.41) is 0. The zero-order chi connectivity index (χ0) is 17.5. The monoisotopic (exact) mass is 330 g/mol. The maximum atomic E-state index is 12.3. The molecule has 0 saturated heterocycles. The predicted molar refractivity (Wildman–Crippen MR) is 86.7 cm³/mol. The van der Waals surface area contributed by atoms with E-state index in [0.29, 0.717) is 17.2 Å². The molecule has 2 aromatic rings. The third kappa shape index (κ3) is 4.25. The lowest BCUT2D eigenvalue weighted by Gasteiger charge is -2.10. The molecule has 0 atom stereocenters. The van der Waals surface area contributed by atoms with Crippen molar-refractivity contribution < 1.29 is 28.5 Å². The number of methoxy groups -OCH3 is 3. The first-order valence-corrected chi connectivity index (χ1v) is 7.17. The van der Waals surface area contributed by atoms with Crippen molar-refractivity contribution in [1.82, 2.24) is 0 Å². The molecule has 0 unspecified atom stereocenters. The van der Waals surface area contributed by atoms with Crippen LogP contribution in [0.15, 0.2) is 42.5 Å². The molecule has 0 radical (unpaired) electrons. The Morgan fingerprint density at radius 2 is 1.54 bits per heavy atom. The second-order valence-electron chi connectivity index (χ2n) is 4.85. The van der Waals surface area contributed by atoms with Gasteiger partial charge in [0.15, 0.2) is 0 Å². The van der Waals surface area contributed by atoms with Crippen LogP contribution in [0.4, 0.5) is 0 Å². The number of esters is 2. The normalized spacial score (nSPS) is 9.96. The quantitative estimate of drug-likeness (QED) is 0.599. The topological polar surface area (TPSA) is 71.1 Å². The Kier molecular flexibility index (Phi) is 5.78. The van der Waals surface area contributed by atoms with Crippen molar-refractivity contribution >= 4 is 11.9 Å². The summed E-state index contributed by atoms with van der Waals surface area (Å²) in [6, 6.07) is 11.5. The molecule has 0 aliphatic heterocycles. The van der Waals surface area contributed by atoms with Crippen LogP contribution in [-0.2, 0) is 16.0 Å². The molecule has 0 aliphatic rings. The van der Waals surface area contributed by atoms with Crippen molar-refractivity contribution in [3.05, 3.63) is 53.6 Å². The second-order valence-corrected chi connectivity index (χ2v) is 4.85. The van der Waals surface area contributed by atoms with Crippen LogP contribution in [0.3, 0.4) is 0 Å². The van der Waals surface area contributed by atoms with Crippen LogP contribution in [0, 0.1) is 0 Å². The Morgan fingerprint density at radius 1 is 0.875 bits per heavy atom. The van der Waals surface area contributed by atoms with Crippen molar-refractivity contribution in [2.24, 2.45) is 0 Å². The van der Waals surface area contributed by atoms with E-state index in [0.717, 1.165) is 5.56 Å². The minimum atomic E-state index is -0.546. The van der Waals surface area contributed by atoms with Gasteiger partial charge >= 0.3 is 11.9 Å². The van der Waals surface area contributed by atoms with Gasteiger partial charge in [-0.05, 0) is 29.8 Å². The maximum absolute atomic E-state index is 12.3. The molecule has 2 aromatic carbocycles. The van der Waals surface area contributed by atoms with Gasteiger partial charge in [-0.25, -0.2) is 4.79 Å². The van der Waals surface area contributed by atoms with Crippen molar-refractivity contribution in [1.29, 1.82) is 0 Å². The largest absolute Gasteiger partial charge is 0.497 e. The third-order valence-electron chi connectivity index (χ3n) is 3.34. The highest BCUT2D eigenvalue weighted by Gasteiger charge is 2.15. The Balaban J connectivity index is 2.10. The molecular formula is C18H18O6. The first kappa shape index (κ1) is 17.3. The van der Waals surface area contributed by atoms with E-state index >= 15 is 0 Å². The molecule has 0 N–H and O–H groups in total. The number of hydrogen-bond acceptors (Lipinski definition) is 6. The van der Waals surface area contributed by atoms with Crippen LogP contribution in [0.25, 0.3) is 0 Å². The number of ether oxygens (including phenoxy) is 4. The minimum absolute atomic E-state index is 0.164. The van der Waals surface area contributed by atoms with Gasteiger partial charge in [0.2, 0.25) is 0 Å². The molecule has 0 aromatic heterocycles. The van der Waals surface area contributed by atoms with E-state index in [4.69, 9.17) is 14.2 Å². The predicted octanol–water partition coefficient (Wildman–Crippen LogP) is 2.64. The van der Waals surface area contributed by atoms with Crippen LogP contribution in [0.2, 0.25) is 0 Å². The van der Waals surface area contributed by atoms with Crippen LogP contribution in [0.1, 0.15) is 15.9 Å². The lowest BCUT2D eigenvalue weighted by molar-refractivity contribution is -0.139. The third-order valence-corrected chi connectivity index (χ3v) is 3.34. The van der Waals surface area contributed by atoms with E-state index in [1.54, 1.807) is 42.5 Å². The molecule has 0 aliphatic carbocycles. The molecule has 0 amide bonds. The number of carbonyl (C=O) groups excluding carboxylic acids is 2. The summed E-state index contributed by atoms with van der Waals surface area (Å²) in [6.45, 7) is 0. The number of benzene rings is 2. The van der Waals surface area contributed by atoms with Crippen LogP contribution in [0.5, 0.6) is 17.2 Å². The van der Waals surface area contributed by atoms with Gasteiger partial charge in [-0.2, -0.15) is 0 Å². The van der Waals surface area contributed by atoms with E-state index in [2.05, 4.69) is 4.74 Å². The summed E-state index contributed by atoms with van der Waals surface area (Å²) < 4.78 is 20.2. The van der Waals surface area contributed by atoms with Crippen molar-refractivity contribution in [3.63, 3.8) is 0 Å². The fourth-order valence-electron chi connectivity index (χ4n) is 2.04. The summed E-state index contributed by atoms with van der Waals surface area (Å²) in [4.78, 5) is 23.5. The molecule has 24 heavy (non-hydrogen) atoms. The highest BCUT2D eigenvalue weighted by atomic mass is 16.5. The van der Waals surface area contributed by atoms with E-state index < -0.39 is 5.97 Å². The number of carbonyl (C=O) groups is 2. The molecule has 0 saturated carbocycles. The smallest absolute Gasteiger partial charge is 0.347 e. The summed E-state index contributed by atoms with van der Waals surface area (Å²) in [5.74, 6) is 0.432. The SMILES string of the molecule is COC(=O)Cc1ccc(OC(=O)c2ccc(OC)cc2OC)cc1. The van der Waals surface area contributed by atoms with Gasteiger partial charge in [-0.1, -0.05) is 12.1 Å². The molecular weight excluding hydrogens is 312 g/mol. The molecule has 0 bridgehead atoms. The fourth-order valence-corrected chi connectivity index (χ4v) is 2.04. The van der Waals surface area contributed by atoms with Crippen molar-refractivity contribution in [2.45, 2.75) is 6.42 Å². The van der Waals surface area contributed by atoms with Gasteiger partial charge in [-0.15, -0.1) is 0 Å². The maximum Gasteiger partial charge on any atom is 0.347 e. The lowest BCUT2D eigenvalue weighted by Crippen LogP contribution is -2.10. The Morgan fingerprint density at radius 3 is 2.12 bits per heavy atom. The van der Waals surface area contributed by atoms with E-state index in [-0.39, 0.29) is 18.0 Å². The Hall–Kier alpha value is -3.02. The van der Waals surface area contributed by atoms with Gasteiger partial charge in [-0.3, -0.25) is 4.79 Å². The summed E-state index contributed by atoms with van der Waals surface area (Å²) in [7, 11) is 4.33. The molecule has 6 nitrogen and oxygen atoms in total. The van der Waals surface area contributed by atoms with Crippen LogP contribution >= 0.6 is 0 Å². The standard InChI is InChI=1S/C18H18O6/c1-21-14-8-9-15(16(11-14)22-2)18(20)24-13-6-4-12(5-7-13)10-17(19)23-3/h4-9,11H,10H2,1-3H3. The summed E-state index contributed by atoms with van der Waals surface area (Å²) in [5.41, 5.74) is 1.06. The minimum Gasteiger partial charge on any atom is -0.497 e. The molecule has 126 valence electrons. The van der Waals surface area contributed by atoms with Gasteiger partial charge in [0.05, 0.1) is 27.8 Å². The first-order valence-electron chi connectivity index (χ1n) is 7.17. The van der Waals surface area contributed by atoms with Gasteiger partial charge < -0.3 is 18.9 Å². The van der Waals surface area contributed by atoms with E-state index in [1.807, 2.05) is 0 Å². The van der Waals surface area contributed by atoms with Crippen molar-refractivity contribution in [3.8, 4) is 17.2 Å². The molecule has 2 rings (SSSR count). The number of rotatable bonds is 6. The zero-order valence-electron chi connectivity index (χ0n) is 13.7. The molecule has 0 spiro atoms. The highest BCUT2D eigenvalue weighted by Crippen LogP contribution is 2.26. The van der Waals surface area contributed by atoms with Crippen LogP contribution < -0.4 is 14.2 Å². The van der Waals surface area contributed by atoms with Crippen LogP contribution in [-0.4, -0.2) is 33.3 Å². The van der Waals surface area contributed by atoms with E-state index in [9.17, 15) is 9.59 Å². The van der Waals surface area contributed by atoms with Crippen molar-refractivity contribution in [2.75, 3.05) is 21.3 Å². The molecule has 0 fully saturated rings. The van der Waals surface area contributed by atoms with Gasteiger partial charge in [0.1, 0.15) is 22.8 Å². The average Bonchev–Trinajstić information content (AvgIpc) is 2.62. The fraction of sp³-hybridized carbons (Fsp3) is 0.222. The summed E-state index contributed by atoms with van der Waals surface area (Å²) in [6.07, 6.45) is 0.164.